The number of Topliss-reactive ketones (excluding diaryl/α,β-unsaturated/α-hetero) is 1. The predicted octanol–water partition coefficient (Wildman–Crippen LogP) is 3.39. The van der Waals surface area contributed by atoms with Gasteiger partial charge >= 0.3 is 0 Å². The highest BCUT2D eigenvalue weighted by Gasteiger charge is 2.33. The van der Waals surface area contributed by atoms with Crippen LogP contribution in [0.15, 0.2) is 17.1 Å². The van der Waals surface area contributed by atoms with E-state index in [-0.39, 0.29) is 17.4 Å². The number of aromatic amines is 1. The van der Waals surface area contributed by atoms with Crippen molar-refractivity contribution in [3.05, 3.63) is 33.9 Å². The van der Waals surface area contributed by atoms with Gasteiger partial charge in [0.25, 0.3) is 5.56 Å². The molecule has 0 radical (unpaired) electrons. The molecule has 9 nitrogen and oxygen atoms in total. The largest absolute Gasteiger partial charge is 0.477 e. The van der Waals surface area contributed by atoms with Crippen LogP contribution in [0.4, 0.5) is 0 Å². The Labute approximate surface area is 193 Å². The number of H-pyrrole nitrogens is 1. The smallest absolute Gasteiger partial charge is 0.279 e. The standard InChI is InChI=1S/C24H32N6O3/c1-6-9-33-24-18(10-16(11-25-24)15(5)31)22-26-20-19(8-3)30(28-21(20)23(32)27-22)17-12-29(13-17)14(4)7-2/h10-11,14,17H,6-9,12-13H2,1-5H3,(H,26,27,32). The molecule has 176 valence electrons. The summed E-state index contributed by atoms with van der Waals surface area (Å²) in [6.07, 6.45) is 4.11. The number of carbonyl (C=O) groups excluding carboxylic acids is 1. The third kappa shape index (κ3) is 4.29. The molecule has 1 N–H and O–H groups in total. The monoisotopic (exact) mass is 452 g/mol. The van der Waals surface area contributed by atoms with E-state index in [4.69, 9.17) is 9.72 Å². The summed E-state index contributed by atoms with van der Waals surface area (Å²) in [4.78, 5) is 39.4. The Morgan fingerprint density at radius 3 is 2.67 bits per heavy atom. The van der Waals surface area contributed by atoms with E-state index in [9.17, 15) is 9.59 Å². The van der Waals surface area contributed by atoms with Gasteiger partial charge in [-0.3, -0.25) is 19.2 Å². The van der Waals surface area contributed by atoms with Crippen molar-refractivity contribution in [3.63, 3.8) is 0 Å². The second-order valence-electron chi connectivity index (χ2n) is 8.70. The minimum atomic E-state index is -0.309. The topological polar surface area (TPSA) is 106 Å². The van der Waals surface area contributed by atoms with Crippen LogP contribution in [0.25, 0.3) is 22.4 Å². The van der Waals surface area contributed by atoms with Crippen LogP contribution in [0.5, 0.6) is 5.88 Å². The van der Waals surface area contributed by atoms with Gasteiger partial charge in [0.05, 0.1) is 23.9 Å². The van der Waals surface area contributed by atoms with Crippen molar-refractivity contribution in [2.45, 2.75) is 66.0 Å². The fourth-order valence-electron chi connectivity index (χ4n) is 4.19. The van der Waals surface area contributed by atoms with Crippen molar-refractivity contribution in [2.24, 2.45) is 0 Å². The average Bonchev–Trinajstić information content (AvgIpc) is 3.14. The first-order chi connectivity index (χ1) is 15.9. The molecule has 0 bridgehead atoms. The number of hydrogen-bond donors (Lipinski definition) is 1. The number of hydrogen-bond acceptors (Lipinski definition) is 7. The molecule has 0 amide bonds. The van der Waals surface area contributed by atoms with Gasteiger partial charge < -0.3 is 9.72 Å². The lowest BCUT2D eigenvalue weighted by Crippen LogP contribution is -2.52. The number of ether oxygens (including phenoxy) is 1. The first-order valence-corrected chi connectivity index (χ1v) is 11.8. The summed E-state index contributed by atoms with van der Waals surface area (Å²) in [5, 5.41) is 4.66. The maximum Gasteiger partial charge on any atom is 0.279 e. The lowest BCUT2D eigenvalue weighted by atomic mass is 10.0. The molecule has 1 aliphatic rings. The quantitative estimate of drug-likeness (QED) is 0.496. The number of aromatic nitrogens is 5. The molecular formula is C24H32N6O3. The molecule has 4 heterocycles. The first-order valence-electron chi connectivity index (χ1n) is 11.8. The van der Waals surface area contributed by atoms with Gasteiger partial charge in [-0.15, -0.1) is 0 Å². The maximum atomic E-state index is 13.0. The number of nitrogens with one attached hydrogen (secondary N) is 1. The molecule has 4 rings (SSSR count). The molecule has 3 aromatic rings. The van der Waals surface area contributed by atoms with Crippen LogP contribution in [-0.2, 0) is 6.42 Å². The first kappa shape index (κ1) is 23.1. The molecule has 3 aromatic heterocycles. The van der Waals surface area contributed by atoms with E-state index in [1.165, 1.54) is 13.1 Å². The zero-order chi connectivity index (χ0) is 23.7. The molecule has 9 heteroatoms. The van der Waals surface area contributed by atoms with E-state index in [1.54, 1.807) is 6.07 Å². The van der Waals surface area contributed by atoms with Crippen molar-refractivity contribution in [3.8, 4) is 17.3 Å². The lowest BCUT2D eigenvalue weighted by Gasteiger charge is -2.43. The molecule has 0 saturated carbocycles. The Bertz CT molecular complexity index is 1220. The van der Waals surface area contributed by atoms with E-state index in [0.717, 1.165) is 31.6 Å². The summed E-state index contributed by atoms with van der Waals surface area (Å²) in [5.74, 6) is 0.559. The van der Waals surface area contributed by atoms with Gasteiger partial charge in [0, 0.05) is 30.9 Å². The van der Waals surface area contributed by atoms with E-state index < -0.39 is 0 Å². The SMILES string of the molecule is CCCOc1ncc(C(C)=O)cc1-c1nc2c(CC)n(C3CN(C(C)CC)C3)nc2c(=O)[nH]1. The molecule has 0 aromatic carbocycles. The van der Waals surface area contributed by atoms with Crippen molar-refractivity contribution in [1.82, 2.24) is 29.6 Å². The second kappa shape index (κ2) is 9.43. The zero-order valence-electron chi connectivity index (χ0n) is 20.0. The van der Waals surface area contributed by atoms with Crippen LogP contribution in [0.2, 0.25) is 0 Å². The lowest BCUT2D eigenvalue weighted by molar-refractivity contribution is 0.0574. The highest BCUT2D eigenvalue weighted by molar-refractivity contribution is 5.95. The molecule has 1 atom stereocenters. The minimum Gasteiger partial charge on any atom is -0.477 e. The average molecular weight is 453 g/mol. The Balaban J connectivity index is 1.79. The number of aryl methyl sites for hydroxylation is 1. The van der Waals surface area contributed by atoms with Gasteiger partial charge in [0.15, 0.2) is 11.3 Å². The molecule has 1 fully saturated rings. The van der Waals surface area contributed by atoms with E-state index in [1.807, 2.05) is 18.5 Å². The molecule has 1 aliphatic heterocycles. The molecule has 1 unspecified atom stereocenters. The minimum absolute atomic E-state index is 0.118. The van der Waals surface area contributed by atoms with Crippen molar-refractivity contribution in [2.75, 3.05) is 19.7 Å². The third-order valence-corrected chi connectivity index (χ3v) is 6.39. The summed E-state index contributed by atoms with van der Waals surface area (Å²) >= 11 is 0. The Hall–Kier alpha value is -3.07. The fraction of sp³-hybridized carbons (Fsp3) is 0.542. The summed E-state index contributed by atoms with van der Waals surface area (Å²) in [5.41, 5.74) is 2.49. The van der Waals surface area contributed by atoms with Crippen LogP contribution in [0.1, 0.15) is 69.6 Å². The maximum absolute atomic E-state index is 13.0. The molecule has 33 heavy (non-hydrogen) atoms. The van der Waals surface area contributed by atoms with Crippen molar-refractivity contribution < 1.29 is 9.53 Å². The number of rotatable bonds is 9. The van der Waals surface area contributed by atoms with Crippen LogP contribution in [0.3, 0.4) is 0 Å². The summed E-state index contributed by atoms with van der Waals surface area (Å²) < 4.78 is 7.77. The molecule has 0 aliphatic carbocycles. The van der Waals surface area contributed by atoms with Gasteiger partial charge in [-0.25, -0.2) is 9.97 Å². The highest BCUT2D eigenvalue weighted by atomic mass is 16.5. The number of likely N-dealkylation sites (tertiary alicyclic amines) is 1. The van der Waals surface area contributed by atoms with Crippen LogP contribution in [-0.4, -0.2) is 61.2 Å². The number of nitrogens with zero attached hydrogens (tertiary/aromatic N) is 5. The summed E-state index contributed by atoms with van der Waals surface area (Å²) in [6.45, 7) is 12.3. The molecule has 1 saturated heterocycles. The number of ketones is 1. The number of pyridine rings is 1. The Morgan fingerprint density at radius 1 is 1.27 bits per heavy atom. The summed E-state index contributed by atoms with van der Waals surface area (Å²) in [6, 6.07) is 2.44. The fourth-order valence-corrected chi connectivity index (χ4v) is 4.19. The van der Waals surface area contributed by atoms with Gasteiger partial charge in [-0.1, -0.05) is 20.8 Å². The van der Waals surface area contributed by atoms with Crippen LogP contribution >= 0.6 is 0 Å². The van der Waals surface area contributed by atoms with Gasteiger partial charge in [-0.05, 0) is 39.2 Å². The molecule has 0 spiro atoms. The van der Waals surface area contributed by atoms with Gasteiger partial charge in [0.1, 0.15) is 11.3 Å². The zero-order valence-corrected chi connectivity index (χ0v) is 20.0. The van der Waals surface area contributed by atoms with Crippen molar-refractivity contribution in [1.29, 1.82) is 0 Å². The van der Waals surface area contributed by atoms with E-state index in [0.29, 0.717) is 52.9 Å². The van der Waals surface area contributed by atoms with Crippen LogP contribution in [0, 0.1) is 0 Å². The van der Waals surface area contributed by atoms with Gasteiger partial charge in [0.2, 0.25) is 5.88 Å². The van der Waals surface area contributed by atoms with Crippen LogP contribution < -0.4 is 10.3 Å². The second-order valence-corrected chi connectivity index (χ2v) is 8.70. The Kier molecular flexibility index (Phi) is 6.60. The number of fused-ring (bicyclic) bond motifs is 1. The predicted molar refractivity (Wildman–Crippen MR) is 127 cm³/mol. The molecular weight excluding hydrogens is 420 g/mol. The van der Waals surface area contributed by atoms with E-state index >= 15 is 0 Å². The summed E-state index contributed by atoms with van der Waals surface area (Å²) in [7, 11) is 0. The normalized spacial score (nSPS) is 15.5. The third-order valence-electron chi connectivity index (χ3n) is 6.39. The van der Waals surface area contributed by atoms with Gasteiger partial charge in [-0.2, -0.15) is 5.10 Å². The van der Waals surface area contributed by atoms with E-state index in [2.05, 4.69) is 33.8 Å². The number of carbonyl (C=O) groups is 1. The Morgan fingerprint density at radius 2 is 2.03 bits per heavy atom. The van der Waals surface area contributed by atoms with Crippen molar-refractivity contribution >= 4 is 16.8 Å². The highest BCUT2D eigenvalue weighted by Crippen LogP contribution is 2.30.